The molecule has 0 radical (unpaired) electrons. The number of ether oxygens (including phenoxy) is 1. The van der Waals surface area contributed by atoms with E-state index in [1.54, 1.807) is 31.4 Å². The van der Waals surface area contributed by atoms with Gasteiger partial charge in [0.2, 0.25) is 0 Å². The Balaban J connectivity index is 1.38. The Bertz CT molecular complexity index is 814. The van der Waals surface area contributed by atoms with E-state index in [9.17, 15) is 9.59 Å². The van der Waals surface area contributed by atoms with Gasteiger partial charge in [0.15, 0.2) is 0 Å². The van der Waals surface area contributed by atoms with Gasteiger partial charge in [-0.15, -0.1) is 0 Å². The number of anilines is 2. The number of methoxy groups -OCH3 is 1. The van der Waals surface area contributed by atoms with Crippen LogP contribution in [0, 0.1) is 0 Å². The molecule has 0 saturated carbocycles. The van der Waals surface area contributed by atoms with E-state index in [1.165, 1.54) is 30.5 Å². The first-order valence-electron chi connectivity index (χ1n) is 10.2. The lowest BCUT2D eigenvalue weighted by Crippen LogP contribution is -2.36. The van der Waals surface area contributed by atoms with E-state index in [4.69, 9.17) is 4.74 Å². The maximum Gasteiger partial charge on any atom is 0.313 e. The molecule has 2 aromatic carbocycles. The summed E-state index contributed by atoms with van der Waals surface area (Å²) in [6.45, 7) is 2.74. The smallest absolute Gasteiger partial charge is 0.313 e. The van der Waals surface area contributed by atoms with Crippen LogP contribution in [0.15, 0.2) is 48.5 Å². The number of aryl methyl sites for hydroxylation is 1. The first-order chi connectivity index (χ1) is 14.2. The predicted octanol–water partition coefficient (Wildman–Crippen LogP) is 3.37. The van der Waals surface area contributed by atoms with Crippen molar-refractivity contribution in [3.05, 3.63) is 54.1 Å². The molecular weight excluding hydrogens is 366 g/mol. The zero-order valence-corrected chi connectivity index (χ0v) is 16.9. The van der Waals surface area contributed by atoms with Gasteiger partial charge in [-0.1, -0.05) is 18.2 Å². The molecule has 0 spiro atoms. The van der Waals surface area contributed by atoms with Crippen LogP contribution in [-0.2, 0) is 16.0 Å². The molecule has 1 aliphatic rings. The van der Waals surface area contributed by atoms with Gasteiger partial charge in [-0.05, 0) is 61.9 Å². The highest BCUT2D eigenvalue weighted by molar-refractivity contribution is 6.39. The van der Waals surface area contributed by atoms with Crippen molar-refractivity contribution in [2.45, 2.75) is 32.1 Å². The van der Waals surface area contributed by atoms with E-state index in [1.807, 2.05) is 0 Å². The van der Waals surface area contributed by atoms with E-state index in [0.717, 1.165) is 25.9 Å². The number of amides is 2. The fraction of sp³-hybridized carbons (Fsp3) is 0.391. The maximum atomic E-state index is 12.0. The molecule has 2 N–H and O–H groups in total. The van der Waals surface area contributed by atoms with Crippen LogP contribution < -0.4 is 20.3 Å². The van der Waals surface area contributed by atoms with Crippen LogP contribution in [0.1, 0.15) is 31.2 Å². The van der Waals surface area contributed by atoms with Crippen LogP contribution >= 0.6 is 0 Å². The molecule has 3 rings (SSSR count). The SMILES string of the molecule is COc1cccc(NC(=O)C(=O)NCCCc2ccc(N3CCCCC3)cc2)c1. The molecule has 6 nitrogen and oxygen atoms in total. The highest BCUT2D eigenvalue weighted by atomic mass is 16.5. The predicted molar refractivity (Wildman–Crippen MR) is 115 cm³/mol. The van der Waals surface area contributed by atoms with Gasteiger partial charge in [-0.3, -0.25) is 9.59 Å². The molecule has 6 heteroatoms. The Labute approximate surface area is 172 Å². The molecule has 0 aromatic heterocycles. The highest BCUT2D eigenvalue weighted by Gasteiger charge is 2.13. The molecule has 154 valence electrons. The third-order valence-electron chi connectivity index (χ3n) is 5.12. The summed E-state index contributed by atoms with van der Waals surface area (Å²) in [5, 5.41) is 5.25. The van der Waals surface area contributed by atoms with Crippen molar-refractivity contribution in [1.82, 2.24) is 5.32 Å². The molecule has 1 saturated heterocycles. The van der Waals surface area contributed by atoms with Crippen molar-refractivity contribution in [3.8, 4) is 5.75 Å². The number of benzene rings is 2. The number of hydrogen-bond acceptors (Lipinski definition) is 4. The van der Waals surface area contributed by atoms with Crippen LogP contribution in [0.2, 0.25) is 0 Å². The molecule has 2 aromatic rings. The second-order valence-corrected chi connectivity index (χ2v) is 7.26. The number of carbonyl (C=O) groups excluding carboxylic acids is 2. The Morgan fingerprint density at radius 3 is 2.48 bits per heavy atom. The lowest BCUT2D eigenvalue weighted by atomic mass is 10.1. The second kappa shape index (κ2) is 10.5. The standard InChI is InChI=1S/C23H29N3O3/c1-29-21-9-5-8-19(17-21)25-23(28)22(27)24-14-6-7-18-10-12-20(13-11-18)26-15-3-2-4-16-26/h5,8-13,17H,2-4,6-7,14-16H2,1H3,(H,24,27)(H,25,28). The van der Waals surface area contributed by atoms with E-state index in [0.29, 0.717) is 18.0 Å². The molecule has 2 amide bonds. The molecule has 0 unspecified atom stereocenters. The molecule has 1 aliphatic heterocycles. The van der Waals surface area contributed by atoms with Crippen LogP contribution in [0.4, 0.5) is 11.4 Å². The van der Waals surface area contributed by atoms with E-state index >= 15 is 0 Å². The normalized spacial score (nSPS) is 13.6. The minimum absolute atomic E-state index is 0.457. The summed E-state index contributed by atoms with van der Waals surface area (Å²) in [5.41, 5.74) is 3.05. The monoisotopic (exact) mass is 395 g/mol. The zero-order chi connectivity index (χ0) is 20.5. The molecular formula is C23H29N3O3. The number of carbonyl (C=O) groups is 2. The van der Waals surface area contributed by atoms with Gasteiger partial charge >= 0.3 is 11.8 Å². The number of nitrogens with zero attached hydrogens (tertiary/aromatic N) is 1. The molecule has 29 heavy (non-hydrogen) atoms. The average Bonchev–Trinajstić information content (AvgIpc) is 2.77. The molecule has 1 heterocycles. The Morgan fingerprint density at radius 2 is 1.76 bits per heavy atom. The summed E-state index contributed by atoms with van der Waals surface area (Å²) < 4.78 is 5.11. The topological polar surface area (TPSA) is 70.7 Å². The van der Waals surface area contributed by atoms with Crippen LogP contribution in [0.3, 0.4) is 0 Å². The maximum absolute atomic E-state index is 12.0. The van der Waals surface area contributed by atoms with Crippen molar-refractivity contribution < 1.29 is 14.3 Å². The van der Waals surface area contributed by atoms with Crippen molar-refractivity contribution in [2.75, 3.05) is 37.0 Å². The summed E-state index contributed by atoms with van der Waals surface area (Å²) in [7, 11) is 1.55. The Hall–Kier alpha value is -3.02. The lowest BCUT2D eigenvalue weighted by molar-refractivity contribution is -0.136. The number of nitrogens with one attached hydrogen (secondary N) is 2. The van der Waals surface area contributed by atoms with E-state index in [-0.39, 0.29) is 0 Å². The van der Waals surface area contributed by atoms with Crippen LogP contribution in [0.25, 0.3) is 0 Å². The third kappa shape index (κ3) is 6.24. The first kappa shape index (κ1) is 20.7. The summed E-state index contributed by atoms with van der Waals surface area (Å²) in [4.78, 5) is 26.4. The third-order valence-corrected chi connectivity index (χ3v) is 5.12. The largest absolute Gasteiger partial charge is 0.497 e. The quantitative estimate of drug-likeness (QED) is 0.557. The van der Waals surface area contributed by atoms with Gasteiger partial charge in [-0.25, -0.2) is 0 Å². The van der Waals surface area contributed by atoms with Gasteiger partial charge in [-0.2, -0.15) is 0 Å². The van der Waals surface area contributed by atoms with Crippen molar-refractivity contribution in [3.63, 3.8) is 0 Å². The van der Waals surface area contributed by atoms with E-state index in [2.05, 4.69) is 39.8 Å². The Morgan fingerprint density at radius 1 is 1.00 bits per heavy atom. The lowest BCUT2D eigenvalue weighted by Gasteiger charge is -2.28. The number of rotatable bonds is 7. The number of piperidine rings is 1. The summed E-state index contributed by atoms with van der Waals surface area (Å²) in [6.07, 6.45) is 5.51. The molecule has 0 atom stereocenters. The molecule has 1 fully saturated rings. The Kier molecular flexibility index (Phi) is 7.50. The highest BCUT2D eigenvalue weighted by Crippen LogP contribution is 2.20. The zero-order valence-electron chi connectivity index (χ0n) is 16.9. The fourth-order valence-electron chi connectivity index (χ4n) is 3.49. The minimum atomic E-state index is -0.677. The van der Waals surface area contributed by atoms with E-state index < -0.39 is 11.8 Å². The van der Waals surface area contributed by atoms with Crippen molar-refractivity contribution >= 4 is 23.2 Å². The van der Waals surface area contributed by atoms with Crippen molar-refractivity contribution in [2.24, 2.45) is 0 Å². The minimum Gasteiger partial charge on any atom is -0.497 e. The van der Waals surface area contributed by atoms with Gasteiger partial charge in [0.05, 0.1) is 7.11 Å². The van der Waals surface area contributed by atoms with Crippen LogP contribution in [-0.4, -0.2) is 38.6 Å². The van der Waals surface area contributed by atoms with Crippen LogP contribution in [0.5, 0.6) is 5.75 Å². The van der Waals surface area contributed by atoms with Crippen molar-refractivity contribution in [1.29, 1.82) is 0 Å². The molecule has 0 aliphatic carbocycles. The number of hydrogen-bond donors (Lipinski definition) is 2. The molecule has 0 bridgehead atoms. The summed E-state index contributed by atoms with van der Waals surface area (Å²) in [5.74, 6) is -0.688. The second-order valence-electron chi connectivity index (χ2n) is 7.26. The summed E-state index contributed by atoms with van der Waals surface area (Å²) >= 11 is 0. The van der Waals surface area contributed by atoms with Gasteiger partial charge < -0.3 is 20.3 Å². The van der Waals surface area contributed by atoms with Gasteiger partial charge in [0.25, 0.3) is 0 Å². The average molecular weight is 396 g/mol. The van der Waals surface area contributed by atoms with Gasteiger partial charge in [0.1, 0.15) is 5.75 Å². The fourth-order valence-corrected chi connectivity index (χ4v) is 3.49. The first-order valence-corrected chi connectivity index (χ1v) is 10.2. The summed E-state index contributed by atoms with van der Waals surface area (Å²) in [6, 6.07) is 15.6. The van der Waals surface area contributed by atoms with Gasteiger partial charge in [0, 0.05) is 37.1 Å².